The molecule has 0 spiro atoms. The molecule has 0 radical (unpaired) electrons. The molecule has 28 heavy (non-hydrogen) atoms. The van der Waals surface area contributed by atoms with E-state index in [0.717, 1.165) is 22.6 Å². The molecule has 3 N–H and O–H groups in total. The van der Waals surface area contributed by atoms with E-state index in [9.17, 15) is 4.79 Å². The summed E-state index contributed by atoms with van der Waals surface area (Å²) >= 11 is 6.07. The van der Waals surface area contributed by atoms with E-state index in [-0.39, 0.29) is 29.9 Å². The fourth-order valence-corrected chi connectivity index (χ4v) is 2.57. The van der Waals surface area contributed by atoms with Gasteiger partial charge in [-0.25, -0.2) is 0 Å². The van der Waals surface area contributed by atoms with Gasteiger partial charge in [0, 0.05) is 37.3 Å². The molecule has 0 heterocycles. The zero-order valence-electron chi connectivity index (χ0n) is 16.2. The summed E-state index contributed by atoms with van der Waals surface area (Å²) in [7, 11) is 3.33. The largest absolute Gasteiger partial charge is 0.497 e. The number of aliphatic imine (C=N–C) groups is 1. The lowest BCUT2D eigenvalue weighted by Gasteiger charge is -2.13. The Morgan fingerprint density at radius 2 is 1.86 bits per heavy atom. The highest BCUT2D eigenvalue weighted by Gasteiger charge is 2.07. The summed E-state index contributed by atoms with van der Waals surface area (Å²) in [5.41, 5.74) is 2.69. The van der Waals surface area contributed by atoms with Gasteiger partial charge in [-0.15, -0.1) is 24.0 Å². The third-order valence-corrected chi connectivity index (χ3v) is 4.44. The predicted molar refractivity (Wildman–Crippen MR) is 126 cm³/mol. The summed E-state index contributed by atoms with van der Waals surface area (Å²) in [5, 5.41) is 9.85. The van der Waals surface area contributed by atoms with Gasteiger partial charge in [0.2, 0.25) is 5.91 Å². The second kappa shape index (κ2) is 12.5. The number of halogens is 2. The van der Waals surface area contributed by atoms with Crippen molar-refractivity contribution in [2.75, 3.05) is 26.0 Å². The number of amides is 1. The number of hydrogen-bond acceptors (Lipinski definition) is 3. The van der Waals surface area contributed by atoms with Gasteiger partial charge in [0.1, 0.15) is 5.75 Å². The Labute approximate surface area is 188 Å². The van der Waals surface area contributed by atoms with E-state index in [4.69, 9.17) is 16.3 Å². The highest BCUT2D eigenvalue weighted by atomic mass is 127. The third kappa shape index (κ3) is 7.55. The molecule has 1 amide bonds. The topological polar surface area (TPSA) is 74.8 Å². The van der Waals surface area contributed by atoms with Crippen molar-refractivity contribution in [1.82, 2.24) is 10.6 Å². The van der Waals surface area contributed by atoms with Crippen molar-refractivity contribution < 1.29 is 9.53 Å². The number of guanidine groups is 1. The molecule has 0 saturated carbocycles. The maximum atomic E-state index is 12.1. The average molecular weight is 517 g/mol. The molecule has 0 saturated heterocycles. The number of ether oxygens (including phenoxy) is 1. The molecule has 2 aromatic carbocycles. The highest BCUT2D eigenvalue weighted by molar-refractivity contribution is 14.0. The van der Waals surface area contributed by atoms with Crippen LogP contribution in [0.25, 0.3) is 0 Å². The Morgan fingerprint density at radius 3 is 2.50 bits per heavy atom. The number of benzene rings is 2. The lowest BCUT2D eigenvalue weighted by Crippen LogP contribution is -2.38. The first kappa shape index (κ1) is 24.0. The SMILES string of the molecule is CN=C(NCCC(=O)Nc1cccc(Cl)c1C)NCc1ccc(OC)cc1.I. The number of nitrogens with one attached hydrogen (secondary N) is 3. The first-order valence-electron chi connectivity index (χ1n) is 8.66. The van der Waals surface area contributed by atoms with Gasteiger partial charge in [0.25, 0.3) is 0 Å². The molecular formula is C20H26ClIN4O2. The van der Waals surface area contributed by atoms with Crippen molar-refractivity contribution in [3.05, 3.63) is 58.6 Å². The molecule has 2 rings (SSSR count). The minimum Gasteiger partial charge on any atom is -0.497 e. The van der Waals surface area contributed by atoms with E-state index in [1.54, 1.807) is 20.2 Å². The lowest BCUT2D eigenvalue weighted by molar-refractivity contribution is -0.116. The molecule has 0 atom stereocenters. The molecule has 0 bridgehead atoms. The molecular weight excluding hydrogens is 491 g/mol. The van der Waals surface area contributed by atoms with Gasteiger partial charge in [0.05, 0.1) is 7.11 Å². The number of carbonyl (C=O) groups excluding carboxylic acids is 1. The van der Waals surface area contributed by atoms with Gasteiger partial charge in [0.15, 0.2) is 5.96 Å². The highest BCUT2D eigenvalue weighted by Crippen LogP contribution is 2.22. The average Bonchev–Trinajstić information content (AvgIpc) is 2.68. The van der Waals surface area contributed by atoms with Crippen molar-refractivity contribution in [3.63, 3.8) is 0 Å². The van der Waals surface area contributed by atoms with Gasteiger partial charge in [-0.05, 0) is 42.3 Å². The molecule has 6 nitrogen and oxygen atoms in total. The van der Waals surface area contributed by atoms with E-state index in [2.05, 4.69) is 20.9 Å². The van der Waals surface area contributed by atoms with E-state index in [1.807, 2.05) is 43.3 Å². The number of methoxy groups -OCH3 is 1. The standard InChI is InChI=1S/C20H25ClN4O2.HI/c1-14-17(21)5-4-6-18(14)25-19(26)11-12-23-20(22-2)24-13-15-7-9-16(27-3)10-8-15;/h4-10H,11-13H2,1-3H3,(H,25,26)(H2,22,23,24);1H. The van der Waals surface area contributed by atoms with Gasteiger partial charge in [-0.3, -0.25) is 9.79 Å². The van der Waals surface area contributed by atoms with Gasteiger partial charge >= 0.3 is 0 Å². The van der Waals surface area contributed by atoms with E-state index < -0.39 is 0 Å². The number of anilines is 1. The first-order chi connectivity index (χ1) is 13.0. The summed E-state index contributed by atoms with van der Waals surface area (Å²) in [5.74, 6) is 1.37. The van der Waals surface area contributed by atoms with Crippen LogP contribution in [0, 0.1) is 6.92 Å². The van der Waals surface area contributed by atoms with Gasteiger partial charge < -0.3 is 20.7 Å². The first-order valence-corrected chi connectivity index (χ1v) is 9.03. The smallest absolute Gasteiger partial charge is 0.226 e. The molecule has 0 aliphatic rings. The minimum atomic E-state index is -0.0847. The zero-order valence-corrected chi connectivity index (χ0v) is 19.3. The van der Waals surface area contributed by atoms with Crippen LogP contribution in [0.3, 0.4) is 0 Å². The van der Waals surface area contributed by atoms with Crippen LogP contribution in [0.1, 0.15) is 17.5 Å². The van der Waals surface area contributed by atoms with E-state index >= 15 is 0 Å². The van der Waals surface area contributed by atoms with Crippen LogP contribution < -0.4 is 20.7 Å². The van der Waals surface area contributed by atoms with Crippen molar-refractivity contribution in [3.8, 4) is 5.75 Å². The fraction of sp³-hybridized carbons (Fsp3) is 0.300. The van der Waals surface area contributed by atoms with Crippen molar-refractivity contribution in [2.45, 2.75) is 19.9 Å². The van der Waals surface area contributed by atoms with Gasteiger partial charge in [-0.2, -0.15) is 0 Å². The zero-order chi connectivity index (χ0) is 19.6. The Hall–Kier alpha value is -2.00. The van der Waals surface area contributed by atoms with Crippen LogP contribution >= 0.6 is 35.6 Å². The number of hydrogen-bond donors (Lipinski definition) is 3. The Balaban J connectivity index is 0.00000392. The number of carbonyl (C=O) groups is 1. The molecule has 2 aromatic rings. The van der Waals surface area contributed by atoms with Crippen LogP contribution in [0.15, 0.2) is 47.5 Å². The molecule has 0 unspecified atom stereocenters. The lowest BCUT2D eigenvalue weighted by atomic mass is 10.2. The Bertz CT molecular complexity index is 797. The van der Waals surface area contributed by atoms with Crippen LogP contribution in [-0.2, 0) is 11.3 Å². The van der Waals surface area contributed by atoms with Crippen LogP contribution in [0.5, 0.6) is 5.75 Å². The minimum absolute atomic E-state index is 0. The van der Waals surface area contributed by atoms with E-state index in [0.29, 0.717) is 30.5 Å². The van der Waals surface area contributed by atoms with Crippen molar-refractivity contribution in [2.24, 2.45) is 4.99 Å². The molecule has 0 aromatic heterocycles. The van der Waals surface area contributed by atoms with Crippen molar-refractivity contribution in [1.29, 1.82) is 0 Å². The quantitative estimate of drug-likeness (QED) is 0.296. The molecule has 0 fully saturated rings. The number of rotatable bonds is 7. The molecule has 152 valence electrons. The second-order valence-corrected chi connectivity index (χ2v) is 6.32. The maximum absolute atomic E-state index is 12.1. The summed E-state index contributed by atoms with van der Waals surface area (Å²) in [6.07, 6.45) is 0.315. The molecule has 8 heteroatoms. The number of nitrogens with zero attached hydrogens (tertiary/aromatic N) is 1. The van der Waals surface area contributed by atoms with Crippen LogP contribution in [-0.4, -0.2) is 32.6 Å². The summed E-state index contributed by atoms with van der Waals surface area (Å²) in [6, 6.07) is 13.2. The van der Waals surface area contributed by atoms with Crippen LogP contribution in [0.4, 0.5) is 5.69 Å². The van der Waals surface area contributed by atoms with E-state index in [1.165, 1.54) is 0 Å². The molecule has 0 aliphatic heterocycles. The molecule has 0 aliphatic carbocycles. The second-order valence-electron chi connectivity index (χ2n) is 5.91. The summed E-state index contributed by atoms with van der Waals surface area (Å²) < 4.78 is 5.15. The summed E-state index contributed by atoms with van der Waals surface area (Å²) in [4.78, 5) is 16.3. The Morgan fingerprint density at radius 1 is 1.14 bits per heavy atom. The normalized spacial score (nSPS) is 10.6. The monoisotopic (exact) mass is 516 g/mol. The predicted octanol–water partition coefficient (Wildman–Crippen LogP) is 3.97. The summed E-state index contributed by atoms with van der Waals surface area (Å²) in [6.45, 7) is 2.96. The van der Waals surface area contributed by atoms with Gasteiger partial charge in [-0.1, -0.05) is 29.8 Å². The Kier molecular flexibility index (Phi) is 10.7. The van der Waals surface area contributed by atoms with Crippen LogP contribution in [0.2, 0.25) is 5.02 Å². The fourth-order valence-electron chi connectivity index (χ4n) is 2.40. The van der Waals surface area contributed by atoms with Crippen molar-refractivity contribution >= 4 is 53.1 Å². The maximum Gasteiger partial charge on any atom is 0.226 e. The third-order valence-electron chi connectivity index (χ3n) is 4.03.